The van der Waals surface area contributed by atoms with Crippen LogP contribution in [0.1, 0.15) is 49.0 Å². The quantitative estimate of drug-likeness (QED) is 0.835. The van der Waals surface area contributed by atoms with Gasteiger partial charge in [0.25, 0.3) is 5.91 Å². The number of para-hydroxylation sites is 1. The van der Waals surface area contributed by atoms with E-state index in [-0.39, 0.29) is 11.4 Å². The third kappa shape index (κ3) is 3.55. The molecule has 0 aliphatic heterocycles. The Kier molecular flexibility index (Phi) is 4.83. The third-order valence-electron chi connectivity index (χ3n) is 4.64. The van der Waals surface area contributed by atoms with Gasteiger partial charge in [0, 0.05) is 6.20 Å². The van der Waals surface area contributed by atoms with E-state index in [1.807, 2.05) is 0 Å². The first kappa shape index (κ1) is 17.1. The molecular formula is C18H20FN3O3. The summed E-state index contributed by atoms with van der Waals surface area (Å²) in [6.07, 6.45) is 5.74. The fraction of sp³-hybridized carbons (Fsp3) is 0.389. The highest BCUT2D eigenvalue weighted by Gasteiger charge is 2.40. The van der Waals surface area contributed by atoms with Crippen molar-refractivity contribution in [3.05, 3.63) is 48.0 Å². The lowest BCUT2D eigenvalue weighted by Gasteiger charge is -2.28. The van der Waals surface area contributed by atoms with Gasteiger partial charge in [0.05, 0.1) is 0 Å². The number of carbonyl (C=O) groups excluding carboxylic acids is 1. The van der Waals surface area contributed by atoms with Crippen LogP contribution in [0.5, 0.6) is 0 Å². The highest BCUT2D eigenvalue weighted by atomic mass is 19.1. The van der Waals surface area contributed by atoms with Gasteiger partial charge in [0.2, 0.25) is 0 Å². The largest absolute Gasteiger partial charge is 0.480 e. The van der Waals surface area contributed by atoms with Crippen molar-refractivity contribution in [2.75, 3.05) is 0 Å². The van der Waals surface area contributed by atoms with Crippen LogP contribution in [-0.4, -0.2) is 32.3 Å². The standard InChI is InChI=1S/C18H20FN3O3/c19-13-7-3-4-8-15(13)22-12-9-14(21-22)16(23)20-18(17(24)25)10-5-1-2-6-11-18/h3-4,7-9,12H,1-2,5-6,10-11H2,(H,20,23)(H,24,25). The summed E-state index contributed by atoms with van der Waals surface area (Å²) in [5.74, 6) is -2.03. The molecule has 1 fully saturated rings. The van der Waals surface area contributed by atoms with E-state index in [2.05, 4.69) is 10.4 Å². The van der Waals surface area contributed by atoms with Gasteiger partial charge in [-0.15, -0.1) is 0 Å². The van der Waals surface area contributed by atoms with Gasteiger partial charge in [-0.3, -0.25) is 4.79 Å². The summed E-state index contributed by atoms with van der Waals surface area (Å²) >= 11 is 0. The molecule has 1 aromatic heterocycles. The van der Waals surface area contributed by atoms with Gasteiger partial charge in [-0.1, -0.05) is 37.8 Å². The number of benzene rings is 1. The average molecular weight is 345 g/mol. The SMILES string of the molecule is O=C(NC1(C(=O)O)CCCCCC1)c1ccn(-c2ccccc2F)n1. The number of rotatable bonds is 4. The summed E-state index contributed by atoms with van der Waals surface area (Å²) in [5.41, 5.74) is -0.966. The summed E-state index contributed by atoms with van der Waals surface area (Å²) in [6.45, 7) is 0. The highest BCUT2D eigenvalue weighted by Crippen LogP contribution is 2.28. The molecule has 0 spiro atoms. The van der Waals surface area contributed by atoms with E-state index in [0.717, 1.165) is 25.7 Å². The number of aromatic nitrogens is 2. The number of carboxylic acids is 1. The maximum Gasteiger partial charge on any atom is 0.329 e. The first-order chi connectivity index (χ1) is 12.0. The molecule has 0 unspecified atom stereocenters. The van der Waals surface area contributed by atoms with Crippen molar-refractivity contribution >= 4 is 11.9 Å². The number of amides is 1. The number of hydrogen-bond acceptors (Lipinski definition) is 3. The molecule has 2 aromatic rings. The minimum Gasteiger partial charge on any atom is -0.480 e. The lowest BCUT2D eigenvalue weighted by Crippen LogP contribution is -2.54. The smallest absolute Gasteiger partial charge is 0.329 e. The van der Waals surface area contributed by atoms with Crippen LogP contribution in [0.2, 0.25) is 0 Å². The van der Waals surface area contributed by atoms with Crippen molar-refractivity contribution in [2.24, 2.45) is 0 Å². The number of hydrogen-bond donors (Lipinski definition) is 2. The van der Waals surface area contributed by atoms with Gasteiger partial charge in [-0.2, -0.15) is 5.10 Å². The summed E-state index contributed by atoms with van der Waals surface area (Å²) in [5, 5.41) is 16.4. The summed E-state index contributed by atoms with van der Waals surface area (Å²) in [4.78, 5) is 24.3. The Balaban J connectivity index is 1.81. The lowest BCUT2D eigenvalue weighted by atomic mass is 9.90. The highest BCUT2D eigenvalue weighted by molar-refractivity contribution is 5.96. The maximum absolute atomic E-state index is 13.8. The van der Waals surface area contributed by atoms with Gasteiger partial charge in [-0.25, -0.2) is 13.9 Å². The number of carboxylic acid groups (broad SMARTS) is 1. The first-order valence-corrected chi connectivity index (χ1v) is 8.38. The topological polar surface area (TPSA) is 84.2 Å². The second-order valence-corrected chi connectivity index (χ2v) is 6.35. The zero-order valence-corrected chi connectivity index (χ0v) is 13.7. The predicted octanol–water partition coefficient (Wildman–Crippen LogP) is 2.92. The van der Waals surface area contributed by atoms with Crippen LogP contribution in [0.15, 0.2) is 36.5 Å². The fourth-order valence-electron chi connectivity index (χ4n) is 3.22. The molecule has 1 aliphatic carbocycles. The van der Waals surface area contributed by atoms with E-state index < -0.39 is 23.2 Å². The number of nitrogens with one attached hydrogen (secondary N) is 1. The number of carbonyl (C=O) groups is 2. The van der Waals surface area contributed by atoms with Crippen LogP contribution in [0.3, 0.4) is 0 Å². The van der Waals surface area contributed by atoms with Crippen LogP contribution in [-0.2, 0) is 4.79 Å². The molecule has 1 heterocycles. The molecule has 0 bridgehead atoms. The van der Waals surface area contributed by atoms with Crippen molar-refractivity contribution < 1.29 is 19.1 Å². The molecule has 1 aliphatic rings. The Hall–Kier alpha value is -2.70. The summed E-state index contributed by atoms with van der Waals surface area (Å²) < 4.78 is 15.1. The lowest BCUT2D eigenvalue weighted by molar-refractivity contribution is -0.145. The van der Waals surface area contributed by atoms with E-state index in [1.165, 1.54) is 23.0 Å². The van der Waals surface area contributed by atoms with Crippen molar-refractivity contribution in [2.45, 2.75) is 44.1 Å². The zero-order valence-electron chi connectivity index (χ0n) is 13.7. The Morgan fingerprint density at radius 1 is 1.12 bits per heavy atom. The summed E-state index contributed by atoms with van der Waals surface area (Å²) in [6, 6.07) is 7.55. The molecule has 1 aromatic carbocycles. The zero-order chi connectivity index (χ0) is 17.9. The minimum absolute atomic E-state index is 0.0631. The monoisotopic (exact) mass is 345 g/mol. The third-order valence-corrected chi connectivity index (χ3v) is 4.64. The van der Waals surface area contributed by atoms with Gasteiger partial charge in [-0.05, 0) is 31.0 Å². The molecule has 0 atom stereocenters. The molecule has 0 radical (unpaired) electrons. The predicted molar refractivity (Wildman–Crippen MR) is 89.1 cm³/mol. The van der Waals surface area contributed by atoms with Crippen molar-refractivity contribution in [1.82, 2.24) is 15.1 Å². The van der Waals surface area contributed by atoms with Crippen LogP contribution >= 0.6 is 0 Å². The molecule has 1 saturated carbocycles. The maximum atomic E-state index is 13.8. The van der Waals surface area contributed by atoms with Gasteiger partial charge in [0.15, 0.2) is 5.69 Å². The molecule has 1 amide bonds. The van der Waals surface area contributed by atoms with Gasteiger partial charge < -0.3 is 10.4 Å². The van der Waals surface area contributed by atoms with Crippen LogP contribution in [0.25, 0.3) is 5.69 Å². The van der Waals surface area contributed by atoms with E-state index >= 15 is 0 Å². The number of nitrogens with zero attached hydrogens (tertiary/aromatic N) is 2. The second-order valence-electron chi connectivity index (χ2n) is 6.35. The average Bonchev–Trinajstić information content (AvgIpc) is 2.95. The number of halogens is 1. The van der Waals surface area contributed by atoms with E-state index in [4.69, 9.17) is 0 Å². The molecule has 6 nitrogen and oxygen atoms in total. The Morgan fingerprint density at radius 3 is 2.44 bits per heavy atom. The van der Waals surface area contributed by atoms with Crippen LogP contribution < -0.4 is 5.32 Å². The van der Waals surface area contributed by atoms with Crippen molar-refractivity contribution in [3.63, 3.8) is 0 Å². The van der Waals surface area contributed by atoms with Crippen molar-refractivity contribution in [1.29, 1.82) is 0 Å². The van der Waals surface area contributed by atoms with Crippen LogP contribution in [0.4, 0.5) is 4.39 Å². The van der Waals surface area contributed by atoms with Crippen molar-refractivity contribution in [3.8, 4) is 5.69 Å². The Bertz CT molecular complexity index is 779. The normalized spacial score (nSPS) is 16.8. The molecule has 7 heteroatoms. The molecule has 3 rings (SSSR count). The van der Waals surface area contributed by atoms with E-state index in [0.29, 0.717) is 12.8 Å². The molecular weight excluding hydrogens is 325 g/mol. The van der Waals surface area contributed by atoms with Gasteiger partial charge >= 0.3 is 5.97 Å². The molecule has 25 heavy (non-hydrogen) atoms. The first-order valence-electron chi connectivity index (χ1n) is 8.38. The summed E-state index contributed by atoms with van der Waals surface area (Å²) in [7, 11) is 0. The van der Waals surface area contributed by atoms with E-state index in [9.17, 15) is 19.1 Å². The Morgan fingerprint density at radius 2 is 1.80 bits per heavy atom. The number of aliphatic carboxylic acids is 1. The van der Waals surface area contributed by atoms with Gasteiger partial charge in [0.1, 0.15) is 17.0 Å². The molecule has 2 N–H and O–H groups in total. The minimum atomic E-state index is -1.25. The Labute approximate surface area is 144 Å². The second kappa shape index (κ2) is 7.04. The molecule has 0 saturated heterocycles. The molecule has 132 valence electrons. The van der Waals surface area contributed by atoms with E-state index in [1.54, 1.807) is 18.2 Å². The fourth-order valence-corrected chi connectivity index (χ4v) is 3.22. The van der Waals surface area contributed by atoms with Crippen LogP contribution in [0, 0.1) is 5.82 Å².